The fourth-order valence-corrected chi connectivity index (χ4v) is 2.00. The van der Waals surface area contributed by atoms with E-state index in [2.05, 4.69) is 10.1 Å². The Balaban J connectivity index is 1.86. The van der Waals surface area contributed by atoms with Crippen LogP contribution in [0.2, 0.25) is 0 Å². The van der Waals surface area contributed by atoms with E-state index >= 15 is 0 Å². The molecule has 1 aromatic heterocycles. The van der Waals surface area contributed by atoms with Crippen LogP contribution in [-0.4, -0.2) is 34.5 Å². The zero-order chi connectivity index (χ0) is 16.2. The monoisotopic (exact) mass is 361 g/mol. The second-order valence-corrected chi connectivity index (χ2v) is 7.02. The molecule has 0 aliphatic heterocycles. The molecule has 2 aromatic rings. The van der Waals surface area contributed by atoms with Crippen molar-refractivity contribution in [1.29, 1.82) is 0 Å². The molecule has 22 heavy (non-hydrogen) atoms. The fraction of sp³-hybridized carbons (Fsp3) is 0.357. The minimum atomic E-state index is -1.74. The van der Waals surface area contributed by atoms with Gasteiger partial charge in [-0.1, -0.05) is 70.3 Å². The average Bonchev–Trinajstić information content (AvgIpc) is 2.94. The lowest BCUT2D eigenvalue weighted by Crippen LogP contribution is -2.30. The highest BCUT2D eigenvalue weighted by atomic mass is 35.6. The molecule has 1 amide bonds. The summed E-state index contributed by atoms with van der Waals surface area (Å²) in [6.45, 7) is 0.449. The summed E-state index contributed by atoms with van der Waals surface area (Å²) in [4.78, 5) is 17.7. The number of rotatable bonds is 5. The lowest BCUT2D eigenvalue weighted by Gasteiger charge is -2.16. The summed E-state index contributed by atoms with van der Waals surface area (Å²) >= 11 is 16.9. The van der Waals surface area contributed by atoms with Crippen molar-refractivity contribution in [1.82, 2.24) is 15.0 Å². The van der Waals surface area contributed by atoms with Gasteiger partial charge in [0.1, 0.15) is 0 Å². The van der Waals surface area contributed by atoms with E-state index in [0.717, 1.165) is 5.56 Å². The van der Waals surface area contributed by atoms with E-state index in [1.54, 1.807) is 11.9 Å². The molecule has 118 valence electrons. The Hall–Kier alpha value is -1.30. The molecule has 0 fully saturated rings. The fourth-order valence-electron chi connectivity index (χ4n) is 1.77. The number of carbonyl (C=O) groups is 1. The lowest BCUT2D eigenvalue weighted by molar-refractivity contribution is -0.129. The van der Waals surface area contributed by atoms with Gasteiger partial charge in [-0.25, -0.2) is 0 Å². The molecule has 0 N–H and O–H groups in total. The number of hydrogen-bond acceptors (Lipinski definition) is 4. The van der Waals surface area contributed by atoms with E-state index < -0.39 is 3.79 Å². The minimum Gasteiger partial charge on any atom is -0.345 e. The number of hydrogen-bond donors (Lipinski definition) is 0. The summed E-state index contributed by atoms with van der Waals surface area (Å²) in [5.41, 5.74) is 0.970. The molecule has 0 radical (unpaired) electrons. The zero-order valence-corrected chi connectivity index (χ0v) is 14.1. The maximum Gasteiger partial charge on any atom is 0.278 e. The summed E-state index contributed by atoms with van der Waals surface area (Å²) in [6.07, 6.45) is 0.768. The van der Waals surface area contributed by atoms with Crippen LogP contribution in [0.1, 0.15) is 17.3 Å². The third-order valence-electron chi connectivity index (χ3n) is 3.01. The van der Waals surface area contributed by atoms with E-state index in [1.165, 1.54) is 0 Å². The number of aromatic nitrogens is 2. The van der Waals surface area contributed by atoms with Gasteiger partial charge in [0.05, 0.1) is 6.42 Å². The second kappa shape index (κ2) is 7.31. The van der Waals surface area contributed by atoms with Crippen molar-refractivity contribution in [3.8, 4) is 0 Å². The first kappa shape index (κ1) is 17.1. The zero-order valence-electron chi connectivity index (χ0n) is 11.8. The van der Waals surface area contributed by atoms with Gasteiger partial charge in [-0.2, -0.15) is 4.98 Å². The van der Waals surface area contributed by atoms with Crippen LogP contribution in [0, 0.1) is 0 Å². The Kier molecular flexibility index (Phi) is 5.67. The van der Waals surface area contributed by atoms with E-state index in [-0.39, 0.29) is 11.8 Å². The summed E-state index contributed by atoms with van der Waals surface area (Å²) in [7, 11) is 1.72. The highest BCUT2D eigenvalue weighted by Crippen LogP contribution is 2.36. The Bertz CT molecular complexity index is 626. The van der Waals surface area contributed by atoms with Crippen LogP contribution in [0.25, 0.3) is 0 Å². The van der Waals surface area contributed by atoms with E-state index in [4.69, 9.17) is 39.3 Å². The first-order chi connectivity index (χ1) is 10.4. The maximum atomic E-state index is 12.1. The van der Waals surface area contributed by atoms with Gasteiger partial charge in [-0.3, -0.25) is 4.79 Å². The molecule has 8 heteroatoms. The van der Waals surface area contributed by atoms with Crippen LogP contribution >= 0.6 is 34.8 Å². The number of likely N-dealkylation sites (N-methyl/N-ethyl adjacent to an activating group) is 1. The van der Waals surface area contributed by atoms with Crippen LogP contribution in [0.15, 0.2) is 34.9 Å². The summed E-state index contributed by atoms with van der Waals surface area (Å²) in [5, 5.41) is 3.72. The van der Waals surface area contributed by atoms with Crippen molar-refractivity contribution in [3.05, 3.63) is 47.6 Å². The number of nitrogens with zero attached hydrogens (tertiary/aromatic N) is 3. The topological polar surface area (TPSA) is 59.2 Å². The molecule has 0 saturated carbocycles. The normalized spacial score (nSPS) is 11.5. The van der Waals surface area contributed by atoms with Gasteiger partial charge in [-0.05, 0) is 5.56 Å². The SMILES string of the molecule is CN(CCc1noc(C(Cl)(Cl)Cl)n1)C(=O)Cc1ccccc1. The molecule has 0 unspecified atom stereocenters. The first-order valence-electron chi connectivity index (χ1n) is 6.54. The van der Waals surface area contributed by atoms with Crippen molar-refractivity contribution >= 4 is 40.7 Å². The molecule has 1 aromatic carbocycles. The Labute approximate surface area is 143 Å². The van der Waals surface area contributed by atoms with Gasteiger partial charge in [0, 0.05) is 20.0 Å². The summed E-state index contributed by atoms with van der Waals surface area (Å²) in [5.74, 6) is 0.322. The quantitative estimate of drug-likeness (QED) is 0.767. The first-order valence-corrected chi connectivity index (χ1v) is 7.67. The van der Waals surface area contributed by atoms with Gasteiger partial charge >= 0.3 is 0 Å². The van der Waals surface area contributed by atoms with E-state index in [1.807, 2.05) is 30.3 Å². The van der Waals surface area contributed by atoms with Gasteiger partial charge in [0.25, 0.3) is 9.68 Å². The van der Waals surface area contributed by atoms with Gasteiger partial charge < -0.3 is 9.42 Å². The second-order valence-electron chi connectivity index (χ2n) is 4.74. The van der Waals surface area contributed by atoms with Crippen LogP contribution < -0.4 is 0 Å². The van der Waals surface area contributed by atoms with Crippen molar-refractivity contribution in [3.63, 3.8) is 0 Å². The molecule has 0 bridgehead atoms. The van der Waals surface area contributed by atoms with Crippen molar-refractivity contribution < 1.29 is 9.32 Å². The molecule has 5 nitrogen and oxygen atoms in total. The van der Waals surface area contributed by atoms with Crippen LogP contribution in [0.4, 0.5) is 0 Å². The third-order valence-corrected chi connectivity index (χ3v) is 3.49. The van der Waals surface area contributed by atoms with Gasteiger partial charge in [0.2, 0.25) is 5.91 Å². The Morgan fingerprint density at radius 2 is 1.95 bits per heavy atom. The predicted octanol–water partition coefficient (Wildman–Crippen LogP) is 3.14. The summed E-state index contributed by atoms with van der Waals surface area (Å²) in [6, 6.07) is 9.55. The van der Waals surface area contributed by atoms with E-state index in [0.29, 0.717) is 25.2 Å². The van der Waals surface area contributed by atoms with E-state index in [9.17, 15) is 4.79 Å². The Morgan fingerprint density at radius 3 is 2.55 bits per heavy atom. The Morgan fingerprint density at radius 1 is 1.27 bits per heavy atom. The number of benzene rings is 1. The number of carbonyl (C=O) groups excluding carboxylic acids is 1. The van der Waals surface area contributed by atoms with Crippen LogP contribution in [0.3, 0.4) is 0 Å². The lowest BCUT2D eigenvalue weighted by atomic mass is 10.1. The standard InChI is InChI=1S/C14H14Cl3N3O2/c1-20(12(21)9-10-5-3-2-4-6-10)8-7-11-18-13(22-19-11)14(15,16)17/h2-6H,7-9H2,1H3. The maximum absolute atomic E-state index is 12.1. The molecule has 0 spiro atoms. The number of alkyl halides is 3. The van der Waals surface area contributed by atoms with Crippen molar-refractivity contribution in [2.24, 2.45) is 0 Å². The molecule has 2 rings (SSSR count). The summed E-state index contributed by atoms with van der Waals surface area (Å²) < 4.78 is 3.12. The largest absolute Gasteiger partial charge is 0.345 e. The molecular weight excluding hydrogens is 349 g/mol. The predicted molar refractivity (Wildman–Crippen MR) is 85.0 cm³/mol. The van der Waals surface area contributed by atoms with Crippen molar-refractivity contribution in [2.75, 3.05) is 13.6 Å². The molecular formula is C14H14Cl3N3O2. The number of halogens is 3. The van der Waals surface area contributed by atoms with Gasteiger partial charge in [-0.15, -0.1) is 0 Å². The third kappa shape index (κ3) is 4.87. The minimum absolute atomic E-state index is 0.0105. The van der Waals surface area contributed by atoms with Crippen LogP contribution in [0.5, 0.6) is 0 Å². The molecule has 1 heterocycles. The molecule has 0 aliphatic rings. The highest BCUT2D eigenvalue weighted by Gasteiger charge is 2.30. The molecule has 0 aliphatic carbocycles. The molecule has 0 saturated heterocycles. The van der Waals surface area contributed by atoms with Gasteiger partial charge in [0.15, 0.2) is 5.82 Å². The smallest absolute Gasteiger partial charge is 0.278 e. The molecule has 0 atom stereocenters. The number of amides is 1. The van der Waals surface area contributed by atoms with Crippen LogP contribution in [-0.2, 0) is 21.4 Å². The highest BCUT2D eigenvalue weighted by molar-refractivity contribution is 6.66. The average molecular weight is 363 g/mol. The van der Waals surface area contributed by atoms with Crippen molar-refractivity contribution in [2.45, 2.75) is 16.6 Å².